The third-order valence-corrected chi connectivity index (χ3v) is 3.62. The number of amides is 1. The number of aliphatic hydroxyl groups is 1. The van der Waals surface area contributed by atoms with Gasteiger partial charge in [-0.1, -0.05) is 30.3 Å². The van der Waals surface area contributed by atoms with Crippen molar-refractivity contribution in [2.75, 3.05) is 7.11 Å². The van der Waals surface area contributed by atoms with Gasteiger partial charge in [-0.2, -0.15) is 0 Å². The van der Waals surface area contributed by atoms with Gasteiger partial charge < -0.3 is 19.9 Å². The Morgan fingerprint density at radius 3 is 2.67 bits per heavy atom. The lowest BCUT2D eigenvalue weighted by Gasteiger charge is -2.26. The SMILES string of the molecule is COC(=O)[C@@]1(NC(=O)OCc2ccccc2)CC[C@H](O)C1. The first-order chi connectivity index (χ1) is 10.1. The van der Waals surface area contributed by atoms with Crippen molar-refractivity contribution in [3.63, 3.8) is 0 Å². The second kappa shape index (κ2) is 6.58. The first kappa shape index (κ1) is 15.3. The third kappa shape index (κ3) is 3.72. The second-order valence-corrected chi connectivity index (χ2v) is 5.16. The van der Waals surface area contributed by atoms with E-state index in [9.17, 15) is 14.7 Å². The molecule has 1 amide bonds. The first-order valence-electron chi connectivity index (χ1n) is 6.81. The van der Waals surface area contributed by atoms with Crippen LogP contribution in [0.3, 0.4) is 0 Å². The molecule has 2 rings (SSSR count). The average Bonchev–Trinajstić information content (AvgIpc) is 2.87. The first-order valence-corrected chi connectivity index (χ1v) is 6.81. The summed E-state index contributed by atoms with van der Waals surface area (Å²) in [5, 5.41) is 12.2. The molecule has 0 spiro atoms. The van der Waals surface area contributed by atoms with Crippen LogP contribution in [0.25, 0.3) is 0 Å². The van der Waals surface area contributed by atoms with E-state index in [0.29, 0.717) is 12.8 Å². The highest BCUT2D eigenvalue weighted by Gasteiger charge is 2.47. The summed E-state index contributed by atoms with van der Waals surface area (Å²) in [5.74, 6) is -0.560. The van der Waals surface area contributed by atoms with Gasteiger partial charge >= 0.3 is 12.1 Å². The Bertz CT molecular complexity index is 504. The Kier molecular flexibility index (Phi) is 4.80. The molecule has 0 radical (unpaired) electrons. The van der Waals surface area contributed by atoms with Gasteiger partial charge in [-0.15, -0.1) is 0 Å². The summed E-state index contributed by atoms with van der Waals surface area (Å²) in [4.78, 5) is 23.8. The molecule has 114 valence electrons. The van der Waals surface area contributed by atoms with Crippen LogP contribution in [-0.4, -0.2) is 35.9 Å². The lowest BCUT2D eigenvalue weighted by Crippen LogP contribution is -2.53. The van der Waals surface area contributed by atoms with Crippen LogP contribution in [-0.2, 0) is 20.9 Å². The van der Waals surface area contributed by atoms with Crippen molar-refractivity contribution < 1.29 is 24.2 Å². The highest BCUT2D eigenvalue weighted by atomic mass is 16.6. The highest BCUT2D eigenvalue weighted by molar-refractivity contribution is 5.86. The lowest BCUT2D eigenvalue weighted by molar-refractivity contribution is -0.148. The summed E-state index contributed by atoms with van der Waals surface area (Å²) < 4.78 is 9.83. The van der Waals surface area contributed by atoms with Gasteiger partial charge in [0.05, 0.1) is 13.2 Å². The third-order valence-electron chi connectivity index (χ3n) is 3.62. The molecule has 0 unspecified atom stereocenters. The molecule has 1 aliphatic rings. The summed E-state index contributed by atoms with van der Waals surface area (Å²) in [6.45, 7) is 0.118. The van der Waals surface area contributed by atoms with Crippen LogP contribution in [0, 0.1) is 0 Å². The molecule has 2 N–H and O–H groups in total. The Balaban J connectivity index is 1.94. The van der Waals surface area contributed by atoms with Gasteiger partial charge in [-0.05, 0) is 18.4 Å². The van der Waals surface area contributed by atoms with Crippen molar-refractivity contribution in [1.29, 1.82) is 0 Å². The van der Waals surface area contributed by atoms with E-state index in [-0.39, 0.29) is 13.0 Å². The Hall–Kier alpha value is -2.08. The topological polar surface area (TPSA) is 84.9 Å². The number of hydrogen-bond donors (Lipinski definition) is 2. The van der Waals surface area contributed by atoms with Crippen LogP contribution >= 0.6 is 0 Å². The zero-order valence-electron chi connectivity index (χ0n) is 11.9. The van der Waals surface area contributed by atoms with E-state index in [4.69, 9.17) is 9.47 Å². The smallest absolute Gasteiger partial charge is 0.408 e. The number of methoxy groups -OCH3 is 1. The molecule has 0 saturated heterocycles. The number of aliphatic hydroxyl groups excluding tert-OH is 1. The maximum absolute atomic E-state index is 11.9. The van der Waals surface area contributed by atoms with Gasteiger partial charge in [0.15, 0.2) is 0 Å². The van der Waals surface area contributed by atoms with Crippen molar-refractivity contribution in [3.8, 4) is 0 Å². The lowest BCUT2D eigenvalue weighted by atomic mass is 9.98. The number of nitrogens with one attached hydrogen (secondary N) is 1. The molecule has 0 bridgehead atoms. The molecule has 1 aromatic rings. The van der Waals surface area contributed by atoms with E-state index >= 15 is 0 Å². The van der Waals surface area contributed by atoms with Crippen LogP contribution in [0.15, 0.2) is 30.3 Å². The van der Waals surface area contributed by atoms with E-state index in [0.717, 1.165) is 5.56 Å². The molecule has 0 aromatic heterocycles. The minimum atomic E-state index is -1.19. The molecule has 6 heteroatoms. The molecule has 0 heterocycles. The van der Waals surface area contributed by atoms with Gasteiger partial charge in [0.2, 0.25) is 0 Å². The molecular formula is C15H19NO5. The number of hydrogen-bond acceptors (Lipinski definition) is 5. The molecule has 6 nitrogen and oxygen atoms in total. The molecule has 1 aliphatic carbocycles. The van der Waals surface area contributed by atoms with Gasteiger partial charge in [0, 0.05) is 6.42 Å². The normalized spacial score (nSPS) is 24.4. The van der Waals surface area contributed by atoms with Crippen LogP contribution in [0.2, 0.25) is 0 Å². The average molecular weight is 293 g/mol. The van der Waals surface area contributed by atoms with Gasteiger partial charge in [-0.3, -0.25) is 0 Å². The fourth-order valence-electron chi connectivity index (χ4n) is 2.52. The molecule has 1 saturated carbocycles. The molecular weight excluding hydrogens is 274 g/mol. The van der Waals surface area contributed by atoms with Crippen LogP contribution in [0.5, 0.6) is 0 Å². The van der Waals surface area contributed by atoms with Gasteiger partial charge in [0.1, 0.15) is 12.1 Å². The van der Waals surface area contributed by atoms with E-state index in [1.807, 2.05) is 30.3 Å². The Labute approximate surface area is 123 Å². The van der Waals surface area contributed by atoms with Crippen molar-refractivity contribution >= 4 is 12.1 Å². The zero-order valence-corrected chi connectivity index (χ0v) is 11.9. The summed E-state index contributed by atoms with van der Waals surface area (Å²) >= 11 is 0. The zero-order chi connectivity index (χ0) is 15.3. The Morgan fingerprint density at radius 1 is 1.38 bits per heavy atom. The maximum atomic E-state index is 11.9. The van der Waals surface area contributed by atoms with Crippen molar-refractivity contribution in [2.24, 2.45) is 0 Å². The van der Waals surface area contributed by atoms with Gasteiger partial charge in [0.25, 0.3) is 0 Å². The van der Waals surface area contributed by atoms with Crippen molar-refractivity contribution in [1.82, 2.24) is 5.32 Å². The molecule has 1 aromatic carbocycles. The largest absolute Gasteiger partial charge is 0.467 e. The quantitative estimate of drug-likeness (QED) is 0.819. The summed E-state index contributed by atoms with van der Waals surface area (Å²) in [6.07, 6.45) is -0.410. The predicted molar refractivity (Wildman–Crippen MR) is 74.4 cm³/mol. The second-order valence-electron chi connectivity index (χ2n) is 5.16. The predicted octanol–water partition coefficient (Wildman–Crippen LogP) is 1.37. The van der Waals surface area contributed by atoms with Crippen molar-refractivity contribution in [3.05, 3.63) is 35.9 Å². The minimum Gasteiger partial charge on any atom is -0.467 e. The fraction of sp³-hybridized carbons (Fsp3) is 0.467. The van der Waals surface area contributed by atoms with Gasteiger partial charge in [-0.25, -0.2) is 9.59 Å². The van der Waals surface area contributed by atoms with Crippen molar-refractivity contribution in [2.45, 2.75) is 37.5 Å². The molecule has 21 heavy (non-hydrogen) atoms. The number of carbonyl (C=O) groups is 2. The number of carbonyl (C=O) groups excluding carboxylic acids is 2. The summed E-state index contributed by atoms with van der Waals surface area (Å²) in [7, 11) is 1.26. The van der Waals surface area contributed by atoms with Crippen LogP contribution in [0.4, 0.5) is 4.79 Å². The molecule has 1 fully saturated rings. The van der Waals surface area contributed by atoms with E-state index in [1.165, 1.54) is 7.11 Å². The number of alkyl carbamates (subject to hydrolysis) is 1. The number of benzene rings is 1. The van der Waals surface area contributed by atoms with Crippen LogP contribution < -0.4 is 5.32 Å². The number of ether oxygens (including phenoxy) is 2. The standard InChI is InChI=1S/C15H19NO5/c1-20-13(18)15(8-7-12(17)9-15)16-14(19)21-10-11-5-3-2-4-6-11/h2-6,12,17H,7-10H2,1H3,(H,16,19)/t12-,15+/m0/s1. The van der Waals surface area contributed by atoms with E-state index in [1.54, 1.807) is 0 Å². The Morgan fingerprint density at radius 2 is 2.10 bits per heavy atom. The van der Waals surface area contributed by atoms with Crippen LogP contribution in [0.1, 0.15) is 24.8 Å². The fourth-order valence-corrected chi connectivity index (χ4v) is 2.52. The highest BCUT2D eigenvalue weighted by Crippen LogP contribution is 2.31. The maximum Gasteiger partial charge on any atom is 0.408 e. The minimum absolute atomic E-state index is 0.118. The monoisotopic (exact) mass is 293 g/mol. The van der Waals surface area contributed by atoms with E-state index in [2.05, 4.69) is 5.32 Å². The summed E-state index contributed by atoms with van der Waals surface area (Å²) in [6, 6.07) is 9.24. The molecule has 2 atom stereocenters. The summed E-state index contributed by atoms with van der Waals surface area (Å²) in [5.41, 5.74) is -0.340. The van der Waals surface area contributed by atoms with E-state index < -0.39 is 23.7 Å². The molecule has 0 aliphatic heterocycles. The number of rotatable bonds is 4. The number of esters is 1.